The zero-order chi connectivity index (χ0) is 11.2. The summed E-state index contributed by atoms with van der Waals surface area (Å²) in [7, 11) is 1.47. The first kappa shape index (κ1) is 12.9. The third kappa shape index (κ3) is 6.42. The minimum Gasteiger partial charge on any atom is -0.455 e. The predicted octanol–water partition coefficient (Wildman–Crippen LogP) is 0.518. The van der Waals surface area contributed by atoms with Gasteiger partial charge in [0, 0.05) is 7.11 Å². The predicted molar refractivity (Wildman–Crippen MR) is 48.7 cm³/mol. The summed E-state index contributed by atoms with van der Waals surface area (Å²) in [5, 5.41) is 0. The van der Waals surface area contributed by atoms with Crippen LogP contribution in [0.25, 0.3) is 0 Å². The van der Waals surface area contributed by atoms with E-state index in [9.17, 15) is 9.59 Å². The summed E-state index contributed by atoms with van der Waals surface area (Å²) in [6.07, 6.45) is 0. The van der Waals surface area contributed by atoms with E-state index in [1.165, 1.54) is 7.11 Å². The molecule has 5 nitrogen and oxygen atoms in total. The van der Waals surface area contributed by atoms with Crippen molar-refractivity contribution in [1.29, 1.82) is 0 Å². The highest BCUT2D eigenvalue weighted by molar-refractivity contribution is 6.29. The number of carbonyl (C=O) groups excluding carboxylic acids is 2. The fourth-order valence-corrected chi connectivity index (χ4v) is 0.596. The van der Waals surface area contributed by atoms with Crippen LogP contribution in [0.3, 0.4) is 0 Å². The second-order valence-electron chi connectivity index (χ2n) is 3.63. The van der Waals surface area contributed by atoms with E-state index in [0.717, 1.165) is 0 Å². The van der Waals surface area contributed by atoms with Crippen LogP contribution in [-0.2, 0) is 23.8 Å². The molecule has 0 bridgehead atoms. The molecular formula is C9H16O5. The van der Waals surface area contributed by atoms with Gasteiger partial charge >= 0.3 is 11.9 Å². The Labute approximate surface area is 83.3 Å². The molecule has 0 aromatic carbocycles. The van der Waals surface area contributed by atoms with E-state index in [1.807, 2.05) is 0 Å². The van der Waals surface area contributed by atoms with Gasteiger partial charge in [-0.1, -0.05) is 0 Å². The van der Waals surface area contributed by atoms with E-state index >= 15 is 0 Å². The van der Waals surface area contributed by atoms with E-state index in [2.05, 4.69) is 9.47 Å². The number of esters is 2. The fraction of sp³-hybridized carbons (Fsp3) is 0.778. The van der Waals surface area contributed by atoms with Gasteiger partial charge in [0.2, 0.25) is 0 Å². The molecule has 0 aliphatic rings. The first-order valence-corrected chi connectivity index (χ1v) is 4.26. The van der Waals surface area contributed by atoms with Crippen LogP contribution < -0.4 is 0 Å². The van der Waals surface area contributed by atoms with Crippen molar-refractivity contribution in [1.82, 2.24) is 0 Å². The zero-order valence-electron chi connectivity index (χ0n) is 8.96. The molecule has 0 saturated heterocycles. The van der Waals surface area contributed by atoms with Crippen LogP contribution in [0.4, 0.5) is 0 Å². The Hall–Kier alpha value is -1.10. The van der Waals surface area contributed by atoms with Crippen molar-refractivity contribution in [2.24, 2.45) is 0 Å². The lowest BCUT2D eigenvalue weighted by Crippen LogP contribution is -2.30. The monoisotopic (exact) mass is 204 g/mol. The molecular weight excluding hydrogens is 188 g/mol. The Bertz CT molecular complexity index is 204. The Morgan fingerprint density at radius 2 is 1.64 bits per heavy atom. The van der Waals surface area contributed by atoms with Crippen molar-refractivity contribution >= 4 is 11.9 Å². The first-order valence-electron chi connectivity index (χ1n) is 4.26. The zero-order valence-corrected chi connectivity index (χ0v) is 8.96. The normalized spacial score (nSPS) is 10.9. The maximum Gasteiger partial charge on any atom is 0.417 e. The molecule has 0 spiro atoms. The van der Waals surface area contributed by atoms with E-state index < -0.39 is 17.5 Å². The van der Waals surface area contributed by atoms with E-state index in [1.54, 1.807) is 20.8 Å². The second-order valence-corrected chi connectivity index (χ2v) is 3.63. The summed E-state index contributed by atoms with van der Waals surface area (Å²) in [5.41, 5.74) is -0.683. The standard InChI is InChI=1S/C9H16O5/c1-9(2,3)14-8(11)7(10)13-6-5-12-4/h5-6H2,1-4H3. The van der Waals surface area contributed by atoms with Crippen molar-refractivity contribution in [3.8, 4) is 0 Å². The van der Waals surface area contributed by atoms with Crippen LogP contribution in [0.2, 0.25) is 0 Å². The maximum absolute atomic E-state index is 11.0. The number of hydrogen-bond acceptors (Lipinski definition) is 5. The van der Waals surface area contributed by atoms with Crippen molar-refractivity contribution in [2.45, 2.75) is 26.4 Å². The fourth-order valence-electron chi connectivity index (χ4n) is 0.596. The number of methoxy groups -OCH3 is 1. The molecule has 0 aromatic heterocycles. The molecule has 14 heavy (non-hydrogen) atoms. The number of hydrogen-bond donors (Lipinski definition) is 0. The smallest absolute Gasteiger partial charge is 0.417 e. The Morgan fingerprint density at radius 1 is 1.07 bits per heavy atom. The number of rotatable bonds is 3. The largest absolute Gasteiger partial charge is 0.455 e. The molecule has 0 saturated carbocycles. The molecule has 0 aliphatic heterocycles. The highest BCUT2D eigenvalue weighted by Crippen LogP contribution is 2.07. The van der Waals surface area contributed by atoms with Gasteiger partial charge in [-0.25, -0.2) is 9.59 Å². The minimum absolute atomic E-state index is 0.0502. The third-order valence-electron chi connectivity index (χ3n) is 1.09. The van der Waals surface area contributed by atoms with Gasteiger partial charge in [-0.05, 0) is 20.8 Å². The molecule has 0 heterocycles. The lowest BCUT2D eigenvalue weighted by atomic mass is 10.2. The average Bonchev–Trinajstić information content (AvgIpc) is 2.01. The third-order valence-corrected chi connectivity index (χ3v) is 1.09. The van der Waals surface area contributed by atoms with Crippen molar-refractivity contribution in [3.05, 3.63) is 0 Å². The molecule has 0 atom stereocenters. The summed E-state index contributed by atoms with van der Waals surface area (Å²) >= 11 is 0. The highest BCUT2D eigenvalue weighted by atomic mass is 16.6. The van der Waals surface area contributed by atoms with Crippen molar-refractivity contribution < 1.29 is 23.8 Å². The van der Waals surface area contributed by atoms with Gasteiger partial charge in [0.05, 0.1) is 6.61 Å². The van der Waals surface area contributed by atoms with Gasteiger partial charge in [-0.2, -0.15) is 0 Å². The van der Waals surface area contributed by atoms with Gasteiger partial charge < -0.3 is 14.2 Å². The maximum atomic E-state index is 11.0. The Balaban J connectivity index is 3.83. The summed E-state index contributed by atoms with van der Waals surface area (Å²) in [5.74, 6) is -1.97. The second kappa shape index (κ2) is 5.59. The average molecular weight is 204 g/mol. The molecule has 0 N–H and O–H groups in total. The van der Waals surface area contributed by atoms with Crippen molar-refractivity contribution in [2.75, 3.05) is 20.3 Å². The highest BCUT2D eigenvalue weighted by Gasteiger charge is 2.23. The summed E-state index contributed by atoms with van der Waals surface area (Å²) in [6, 6.07) is 0. The molecule has 0 rings (SSSR count). The summed E-state index contributed by atoms with van der Waals surface area (Å²) < 4.78 is 14.0. The van der Waals surface area contributed by atoms with Gasteiger partial charge in [0.15, 0.2) is 0 Å². The van der Waals surface area contributed by atoms with Crippen LogP contribution in [0.15, 0.2) is 0 Å². The molecule has 0 radical (unpaired) electrons. The topological polar surface area (TPSA) is 61.8 Å². The molecule has 0 aromatic rings. The van der Waals surface area contributed by atoms with Gasteiger partial charge in [0.25, 0.3) is 0 Å². The van der Waals surface area contributed by atoms with E-state index in [0.29, 0.717) is 0 Å². The molecule has 0 unspecified atom stereocenters. The summed E-state index contributed by atoms with van der Waals surface area (Å²) in [4.78, 5) is 22.0. The quantitative estimate of drug-likeness (QED) is 0.381. The van der Waals surface area contributed by atoms with Crippen molar-refractivity contribution in [3.63, 3.8) is 0 Å². The number of carbonyl (C=O) groups is 2. The molecule has 0 fully saturated rings. The lowest BCUT2D eigenvalue weighted by Gasteiger charge is -2.18. The van der Waals surface area contributed by atoms with Crippen LogP contribution in [0.1, 0.15) is 20.8 Å². The first-order chi connectivity index (χ1) is 6.37. The van der Waals surface area contributed by atoms with Crippen LogP contribution in [0.5, 0.6) is 0 Å². The Kier molecular flexibility index (Phi) is 5.15. The lowest BCUT2D eigenvalue weighted by molar-refractivity contribution is -0.175. The SMILES string of the molecule is COCCOC(=O)C(=O)OC(C)(C)C. The van der Waals surface area contributed by atoms with Crippen LogP contribution in [-0.4, -0.2) is 37.9 Å². The minimum atomic E-state index is -0.989. The Morgan fingerprint density at radius 3 is 2.07 bits per heavy atom. The van der Waals surface area contributed by atoms with Crippen LogP contribution >= 0.6 is 0 Å². The van der Waals surface area contributed by atoms with Gasteiger partial charge in [0.1, 0.15) is 12.2 Å². The number of ether oxygens (including phenoxy) is 3. The molecule has 82 valence electrons. The van der Waals surface area contributed by atoms with Gasteiger partial charge in [-0.3, -0.25) is 0 Å². The molecule has 0 amide bonds. The van der Waals surface area contributed by atoms with E-state index in [-0.39, 0.29) is 13.2 Å². The van der Waals surface area contributed by atoms with Gasteiger partial charge in [-0.15, -0.1) is 0 Å². The van der Waals surface area contributed by atoms with E-state index in [4.69, 9.17) is 4.74 Å². The van der Waals surface area contributed by atoms with Crippen LogP contribution in [0, 0.1) is 0 Å². The molecule has 5 heteroatoms. The molecule has 0 aliphatic carbocycles. The summed E-state index contributed by atoms with van der Waals surface area (Å²) in [6.45, 7) is 5.33.